The Morgan fingerprint density at radius 1 is 1.47 bits per heavy atom. The van der Waals surface area contributed by atoms with Gasteiger partial charge in [0.25, 0.3) is 0 Å². The highest BCUT2D eigenvalue weighted by atomic mass is 79.9. The Kier molecular flexibility index (Phi) is 4.03. The molecule has 7 heteroatoms. The van der Waals surface area contributed by atoms with Gasteiger partial charge in [-0.05, 0) is 34.1 Å². The molecule has 1 aromatic rings. The van der Waals surface area contributed by atoms with E-state index in [0.717, 1.165) is 4.90 Å². The summed E-state index contributed by atoms with van der Waals surface area (Å²) in [6.45, 7) is -1.04. The lowest BCUT2D eigenvalue weighted by Crippen LogP contribution is -2.31. The molecule has 0 saturated carbocycles. The van der Waals surface area contributed by atoms with Gasteiger partial charge in [0.1, 0.15) is 12.4 Å². The van der Waals surface area contributed by atoms with Crippen LogP contribution in [-0.2, 0) is 0 Å². The van der Waals surface area contributed by atoms with Crippen LogP contribution >= 0.6 is 15.9 Å². The fourth-order valence-corrected chi connectivity index (χ4v) is 2.02. The topological polar surface area (TPSA) is 53.1 Å². The third-order valence-corrected chi connectivity index (χ3v) is 2.72. The second-order valence-electron chi connectivity index (χ2n) is 3.55. The zero-order chi connectivity index (χ0) is 13.2. The number of nitrogens with zero attached hydrogens (tertiary/aromatic N) is 1. The van der Waals surface area contributed by atoms with Crippen LogP contribution in [0, 0.1) is 5.41 Å². The maximum atomic E-state index is 12.2. The number of benzene rings is 1. The molecular formula is C10H11BrF3N3. The Morgan fingerprint density at radius 2 is 2.06 bits per heavy atom. The molecule has 3 N–H and O–H groups in total. The van der Waals surface area contributed by atoms with Crippen molar-refractivity contribution < 1.29 is 13.2 Å². The van der Waals surface area contributed by atoms with Gasteiger partial charge in [0, 0.05) is 17.1 Å². The summed E-state index contributed by atoms with van der Waals surface area (Å²) < 4.78 is 37.1. The molecule has 1 rings (SSSR count). The van der Waals surface area contributed by atoms with E-state index in [-0.39, 0.29) is 5.84 Å². The van der Waals surface area contributed by atoms with Gasteiger partial charge in [0.15, 0.2) is 0 Å². The SMILES string of the molecule is CN(CC(F)(F)F)c1ccc(C(=N)N)cc1Br. The molecule has 0 aromatic heterocycles. The number of nitrogens with one attached hydrogen (secondary N) is 1. The second kappa shape index (κ2) is 4.95. The molecule has 1 aromatic carbocycles. The molecule has 0 spiro atoms. The number of hydrogen-bond acceptors (Lipinski definition) is 2. The Morgan fingerprint density at radius 3 is 2.47 bits per heavy atom. The molecule has 0 fully saturated rings. The van der Waals surface area contributed by atoms with Crippen LogP contribution in [0.2, 0.25) is 0 Å². The summed E-state index contributed by atoms with van der Waals surface area (Å²) in [4.78, 5) is 1.08. The predicted molar refractivity (Wildman–Crippen MR) is 64.5 cm³/mol. The van der Waals surface area contributed by atoms with Crippen LogP contribution < -0.4 is 10.6 Å². The van der Waals surface area contributed by atoms with Crippen molar-refractivity contribution in [3.05, 3.63) is 28.2 Å². The predicted octanol–water partition coefficient (Wildman–Crippen LogP) is 2.73. The number of alkyl halides is 3. The minimum atomic E-state index is -4.26. The second-order valence-corrected chi connectivity index (χ2v) is 4.41. The van der Waals surface area contributed by atoms with Crippen LogP contribution in [0.25, 0.3) is 0 Å². The number of amidine groups is 1. The van der Waals surface area contributed by atoms with Crippen molar-refractivity contribution in [1.29, 1.82) is 5.41 Å². The molecule has 17 heavy (non-hydrogen) atoms. The largest absolute Gasteiger partial charge is 0.405 e. The summed E-state index contributed by atoms with van der Waals surface area (Å²) >= 11 is 3.16. The van der Waals surface area contributed by atoms with Crippen molar-refractivity contribution in [2.45, 2.75) is 6.18 Å². The summed E-state index contributed by atoms with van der Waals surface area (Å²) in [5.41, 5.74) is 6.13. The molecule has 0 unspecified atom stereocenters. The van der Waals surface area contributed by atoms with E-state index in [4.69, 9.17) is 11.1 Å². The minimum Gasteiger partial charge on any atom is -0.384 e. The highest BCUT2D eigenvalue weighted by molar-refractivity contribution is 9.10. The summed E-state index contributed by atoms with van der Waals surface area (Å²) in [5, 5.41) is 7.22. The number of rotatable bonds is 3. The number of hydrogen-bond donors (Lipinski definition) is 2. The molecule has 0 aliphatic heterocycles. The van der Waals surface area contributed by atoms with E-state index < -0.39 is 12.7 Å². The van der Waals surface area contributed by atoms with Crippen molar-refractivity contribution in [1.82, 2.24) is 0 Å². The van der Waals surface area contributed by atoms with E-state index in [1.807, 2.05) is 0 Å². The van der Waals surface area contributed by atoms with Gasteiger partial charge in [-0.3, -0.25) is 5.41 Å². The molecule has 3 nitrogen and oxygen atoms in total. The van der Waals surface area contributed by atoms with Crippen LogP contribution in [0.3, 0.4) is 0 Å². The number of halogens is 4. The fraction of sp³-hybridized carbons (Fsp3) is 0.300. The van der Waals surface area contributed by atoms with E-state index >= 15 is 0 Å². The number of nitrogens with two attached hydrogens (primary N) is 1. The zero-order valence-corrected chi connectivity index (χ0v) is 10.6. The maximum Gasteiger partial charge on any atom is 0.405 e. The zero-order valence-electron chi connectivity index (χ0n) is 8.98. The molecule has 0 saturated heterocycles. The molecule has 0 radical (unpaired) electrons. The molecule has 0 heterocycles. The molecule has 0 aliphatic rings. The van der Waals surface area contributed by atoms with E-state index in [1.54, 1.807) is 0 Å². The van der Waals surface area contributed by atoms with Gasteiger partial charge in [-0.15, -0.1) is 0 Å². The molecule has 0 amide bonds. The highest BCUT2D eigenvalue weighted by Gasteiger charge is 2.29. The third kappa shape index (κ3) is 3.92. The van der Waals surface area contributed by atoms with E-state index in [9.17, 15) is 13.2 Å². The Hall–Kier alpha value is -1.24. The fourth-order valence-electron chi connectivity index (χ4n) is 1.34. The molecule has 0 aliphatic carbocycles. The lowest BCUT2D eigenvalue weighted by molar-refractivity contribution is -0.119. The first-order valence-electron chi connectivity index (χ1n) is 4.62. The maximum absolute atomic E-state index is 12.2. The molecule has 94 valence electrons. The molecule has 0 bridgehead atoms. The molecule has 0 atom stereocenters. The van der Waals surface area contributed by atoms with Gasteiger partial charge in [0.2, 0.25) is 0 Å². The van der Waals surface area contributed by atoms with Gasteiger partial charge in [-0.25, -0.2) is 0 Å². The van der Waals surface area contributed by atoms with Crippen molar-refractivity contribution in [3.63, 3.8) is 0 Å². The lowest BCUT2D eigenvalue weighted by atomic mass is 10.2. The summed E-state index contributed by atoms with van der Waals surface area (Å²) in [6, 6.07) is 4.52. The summed E-state index contributed by atoms with van der Waals surface area (Å²) in [7, 11) is 1.35. The normalized spacial score (nSPS) is 11.4. The van der Waals surface area contributed by atoms with Gasteiger partial charge in [-0.1, -0.05) is 0 Å². The minimum absolute atomic E-state index is 0.129. The Labute approximate surface area is 105 Å². The number of anilines is 1. The quantitative estimate of drug-likeness (QED) is 0.666. The highest BCUT2D eigenvalue weighted by Crippen LogP contribution is 2.28. The smallest absolute Gasteiger partial charge is 0.384 e. The van der Waals surface area contributed by atoms with Crippen LogP contribution in [-0.4, -0.2) is 25.6 Å². The summed E-state index contributed by atoms with van der Waals surface area (Å²) in [5.74, 6) is -0.129. The first kappa shape index (κ1) is 13.8. The average molecular weight is 310 g/mol. The van der Waals surface area contributed by atoms with Crippen molar-refractivity contribution in [2.75, 3.05) is 18.5 Å². The standard InChI is InChI=1S/C10H11BrF3N3/c1-17(5-10(12,13)14)8-3-2-6(9(15)16)4-7(8)11/h2-4H,5H2,1H3,(H3,15,16). The summed E-state index contributed by atoms with van der Waals surface area (Å²) in [6.07, 6.45) is -4.26. The monoisotopic (exact) mass is 309 g/mol. The van der Waals surface area contributed by atoms with Crippen LogP contribution in [0.1, 0.15) is 5.56 Å². The first-order chi connectivity index (χ1) is 7.70. The van der Waals surface area contributed by atoms with E-state index in [0.29, 0.717) is 15.7 Å². The van der Waals surface area contributed by atoms with Gasteiger partial charge in [-0.2, -0.15) is 13.2 Å². The van der Waals surface area contributed by atoms with Crippen LogP contribution in [0.4, 0.5) is 18.9 Å². The van der Waals surface area contributed by atoms with Crippen LogP contribution in [0.15, 0.2) is 22.7 Å². The van der Waals surface area contributed by atoms with E-state index in [1.165, 1.54) is 25.2 Å². The first-order valence-corrected chi connectivity index (χ1v) is 5.42. The van der Waals surface area contributed by atoms with Crippen molar-refractivity contribution in [3.8, 4) is 0 Å². The van der Waals surface area contributed by atoms with E-state index in [2.05, 4.69) is 15.9 Å². The van der Waals surface area contributed by atoms with Crippen LogP contribution in [0.5, 0.6) is 0 Å². The third-order valence-electron chi connectivity index (χ3n) is 2.09. The van der Waals surface area contributed by atoms with Gasteiger partial charge < -0.3 is 10.6 Å². The molecular weight excluding hydrogens is 299 g/mol. The average Bonchev–Trinajstić information content (AvgIpc) is 2.14. The van der Waals surface area contributed by atoms with Crippen molar-refractivity contribution in [2.24, 2.45) is 5.73 Å². The Bertz CT molecular complexity index is 431. The van der Waals surface area contributed by atoms with Gasteiger partial charge >= 0.3 is 6.18 Å². The lowest BCUT2D eigenvalue weighted by Gasteiger charge is -2.22. The number of nitrogen functional groups attached to an aromatic ring is 1. The Balaban J connectivity index is 2.96. The van der Waals surface area contributed by atoms with Crippen molar-refractivity contribution >= 4 is 27.5 Å². The van der Waals surface area contributed by atoms with Gasteiger partial charge in [0.05, 0.1) is 5.69 Å².